The average molecular weight is 345 g/mol. The third kappa shape index (κ3) is 4.00. The summed E-state index contributed by atoms with van der Waals surface area (Å²) in [7, 11) is 0. The Morgan fingerprint density at radius 1 is 1.32 bits per heavy atom. The van der Waals surface area contributed by atoms with E-state index in [1.807, 2.05) is 0 Å². The maximum absolute atomic E-state index is 13.4. The molecule has 1 aromatic heterocycles. The van der Waals surface area contributed by atoms with Crippen LogP contribution in [-0.4, -0.2) is 45.6 Å². The predicted molar refractivity (Wildman–Crippen MR) is 92.8 cm³/mol. The van der Waals surface area contributed by atoms with Crippen molar-refractivity contribution < 1.29 is 14.3 Å². The second-order valence-corrected chi connectivity index (χ2v) is 7.66. The second kappa shape index (κ2) is 6.75. The molecule has 2 unspecified atom stereocenters. The molecule has 1 saturated carbocycles. The fourth-order valence-electron chi connectivity index (χ4n) is 4.09. The van der Waals surface area contributed by atoms with Gasteiger partial charge in [0.05, 0.1) is 11.0 Å². The number of likely N-dealkylation sites (tertiary alicyclic amines) is 1. The quantitative estimate of drug-likeness (QED) is 0.844. The summed E-state index contributed by atoms with van der Waals surface area (Å²) >= 11 is 0. The van der Waals surface area contributed by atoms with Crippen LogP contribution in [0.3, 0.4) is 0 Å². The van der Waals surface area contributed by atoms with Crippen molar-refractivity contribution in [2.75, 3.05) is 19.6 Å². The van der Waals surface area contributed by atoms with Gasteiger partial charge in [0, 0.05) is 25.9 Å². The highest BCUT2D eigenvalue weighted by Crippen LogP contribution is 2.34. The lowest BCUT2D eigenvalue weighted by atomic mass is 9.81. The number of carboxylic acid groups (broad SMARTS) is 1. The molecular formula is C19H24FN3O2. The van der Waals surface area contributed by atoms with E-state index in [2.05, 4.69) is 14.9 Å². The fourth-order valence-corrected chi connectivity index (χ4v) is 4.09. The van der Waals surface area contributed by atoms with Crippen molar-refractivity contribution in [3.05, 3.63) is 29.8 Å². The Kier molecular flexibility index (Phi) is 4.46. The van der Waals surface area contributed by atoms with Crippen LogP contribution in [0, 0.1) is 23.6 Å². The van der Waals surface area contributed by atoms with Gasteiger partial charge in [-0.2, -0.15) is 0 Å². The number of nitrogens with one attached hydrogen (secondary N) is 1. The Balaban J connectivity index is 1.50. The van der Waals surface area contributed by atoms with Crippen molar-refractivity contribution in [2.45, 2.75) is 32.1 Å². The van der Waals surface area contributed by atoms with Crippen molar-refractivity contribution in [1.29, 1.82) is 0 Å². The maximum atomic E-state index is 13.4. The first-order valence-corrected chi connectivity index (χ1v) is 9.15. The van der Waals surface area contributed by atoms with E-state index in [-0.39, 0.29) is 24.1 Å². The highest BCUT2D eigenvalue weighted by atomic mass is 19.1. The van der Waals surface area contributed by atoms with E-state index in [9.17, 15) is 14.3 Å². The largest absolute Gasteiger partial charge is 0.481 e. The standard InChI is InChI=1S/C19H24FN3O2/c20-15-3-4-16-17(9-15)22-18(21-16)7-14-11-23(10-12-1-2-12)6-5-13(14)8-19(24)25/h3-4,9,12-14H,1-2,5-8,10-11H2,(H,21,22)(H,24,25). The number of hydrogen-bond acceptors (Lipinski definition) is 3. The van der Waals surface area contributed by atoms with Crippen molar-refractivity contribution in [1.82, 2.24) is 14.9 Å². The molecule has 5 nitrogen and oxygen atoms in total. The SMILES string of the molecule is O=C(O)CC1CCN(CC2CC2)CC1Cc1nc2ccc(F)cc2[nH]1. The Morgan fingerprint density at radius 2 is 2.16 bits per heavy atom. The lowest BCUT2D eigenvalue weighted by Gasteiger charge is -2.38. The van der Waals surface area contributed by atoms with Crippen LogP contribution >= 0.6 is 0 Å². The maximum Gasteiger partial charge on any atom is 0.303 e. The summed E-state index contributed by atoms with van der Waals surface area (Å²) in [6, 6.07) is 4.55. The van der Waals surface area contributed by atoms with Crippen LogP contribution < -0.4 is 0 Å². The Labute approximate surface area is 146 Å². The van der Waals surface area contributed by atoms with Crippen molar-refractivity contribution in [3.63, 3.8) is 0 Å². The van der Waals surface area contributed by atoms with Crippen LogP contribution in [-0.2, 0) is 11.2 Å². The first-order chi connectivity index (χ1) is 12.1. The summed E-state index contributed by atoms with van der Waals surface area (Å²) in [5.74, 6) is 1.11. The number of piperidine rings is 1. The summed E-state index contributed by atoms with van der Waals surface area (Å²) in [4.78, 5) is 21.5. The first-order valence-electron chi connectivity index (χ1n) is 9.15. The number of H-pyrrole nitrogens is 1. The summed E-state index contributed by atoms with van der Waals surface area (Å²) in [6.45, 7) is 3.07. The molecule has 1 aliphatic heterocycles. The van der Waals surface area contributed by atoms with Gasteiger partial charge in [0.15, 0.2) is 0 Å². The molecule has 2 atom stereocenters. The molecule has 0 radical (unpaired) electrons. The number of carbonyl (C=O) groups is 1. The van der Waals surface area contributed by atoms with Crippen LogP contribution in [0.1, 0.15) is 31.5 Å². The number of aliphatic carboxylic acids is 1. The van der Waals surface area contributed by atoms with Gasteiger partial charge < -0.3 is 15.0 Å². The van der Waals surface area contributed by atoms with Gasteiger partial charge >= 0.3 is 5.97 Å². The number of hydrogen-bond donors (Lipinski definition) is 2. The smallest absolute Gasteiger partial charge is 0.303 e. The number of benzene rings is 1. The molecule has 25 heavy (non-hydrogen) atoms. The number of aromatic nitrogens is 2. The third-order valence-electron chi connectivity index (χ3n) is 5.57. The molecule has 2 N–H and O–H groups in total. The molecule has 2 heterocycles. The van der Waals surface area contributed by atoms with Crippen LogP contribution in [0.15, 0.2) is 18.2 Å². The molecule has 1 aliphatic carbocycles. The van der Waals surface area contributed by atoms with Crippen LogP contribution in [0.25, 0.3) is 11.0 Å². The minimum absolute atomic E-state index is 0.179. The minimum Gasteiger partial charge on any atom is -0.481 e. The van der Waals surface area contributed by atoms with Gasteiger partial charge in [-0.15, -0.1) is 0 Å². The second-order valence-electron chi connectivity index (χ2n) is 7.66. The van der Waals surface area contributed by atoms with Crippen molar-refractivity contribution >= 4 is 17.0 Å². The van der Waals surface area contributed by atoms with E-state index in [4.69, 9.17) is 0 Å². The summed E-state index contributed by atoms with van der Waals surface area (Å²) in [5, 5.41) is 9.24. The summed E-state index contributed by atoms with van der Waals surface area (Å²) < 4.78 is 13.4. The van der Waals surface area contributed by atoms with Gasteiger partial charge in [0.1, 0.15) is 11.6 Å². The molecule has 0 amide bonds. The number of nitrogens with zero attached hydrogens (tertiary/aromatic N) is 2. The predicted octanol–water partition coefficient (Wildman–Crippen LogP) is 3.07. The Bertz CT molecular complexity index is 771. The van der Waals surface area contributed by atoms with Crippen molar-refractivity contribution in [2.24, 2.45) is 17.8 Å². The number of imidazole rings is 1. The lowest BCUT2D eigenvalue weighted by Crippen LogP contribution is -2.43. The molecule has 2 aromatic rings. The number of carboxylic acids is 1. The van der Waals surface area contributed by atoms with E-state index in [1.165, 1.54) is 25.0 Å². The number of aromatic amines is 1. The number of fused-ring (bicyclic) bond motifs is 1. The molecule has 1 saturated heterocycles. The van der Waals surface area contributed by atoms with E-state index in [1.54, 1.807) is 6.07 Å². The monoisotopic (exact) mass is 345 g/mol. The van der Waals surface area contributed by atoms with Gasteiger partial charge in [-0.1, -0.05) is 0 Å². The molecule has 0 spiro atoms. The van der Waals surface area contributed by atoms with Crippen LogP contribution in [0.2, 0.25) is 0 Å². The highest BCUT2D eigenvalue weighted by molar-refractivity contribution is 5.74. The fraction of sp³-hybridized carbons (Fsp3) is 0.579. The molecule has 4 rings (SSSR count). The Hall–Kier alpha value is -1.95. The van der Waals surface area contributed by atoms with Gasteiger partial charge in [-0.25, -0.2) is 9.37 Å². The molecular weight excluding hydrogens is 321 g/mol. The van der Waals surface area contributed by atoms with Crippen molar-refractivity contribution in [3.8, 4) is 0 Å². The van der Waals surface area contributed by atoms with E-state index < -0.39 is 5.97 Å². The summed E-state index contributed by atoms with van der Waals surface area (Å²) in [6.07, 6.45) is 4.52. The van der Waals surface area contributed by atoms with Gasteiger partial charge in [-0.3, -0.25) is 4.79 Å². The average Bonchev–Trinajstić information content (AvgIpc) is 3.27. The van der Waals surface area contributed by atoms with Crippen LogP contribution in [0.4, 0.5) is 4.39 Å². The first kappa shape index (κ1) is 16.5. The number of halogens is 1. The van der Waals surface area contributed by atoms with Crippen LogP contribution in [0.5, 0.6) is 0 Å². The molecule has 1 aromatic carbocycles. The van der Waals surface area contributed by atoms with Gasteiger partial charge in [0.2, 0.25) is 0 Å². The topological polar surface area (TPSA) is 69.2 Å². The minimum atomic E-state index is -0.725. The lowest BCUT2D eigenvalue weighted by molar-refractivity contribution is -0.139. The normalized spacial score (nSPS) is 24.7. The number of rotatable bonds is 6. The van der Waals surface area contributed by atoms with Gasteiger partial charge in [0.25, 0.3) is 0 Å². The summed E-state index contributed by atoms with van der Waals surface area (Å²) in [5.41, 5.74) is 1.47. The zero-order valence-electron chi connectivity index (χ0n) is 14.2. The highest BCUT2D eigenvalue weighted by Gasteiger charge is 2.34. The van der Waals surface area contributed by atoms with Gasteiger partial charge in [-0.05, 0) is 61.8 Å². The molecule has 2 fully saturated rings. The molecule has 6 heteroatoms. The zero-order chi connectivity index (χ0) is 17.4. The van der Waals surface area contributed by atoms with E-state index >= 15 is 0 Å². The van der Waals surface area contributed by atoms with E-state index in [0.717, 1.165) is 49.7 Å². The molecule has 0 bridgehead atoms. The molecule has 2 aliphatic rings. The third-order valence-corrected chi connectivity index (χ3v) is 5.57. The molecule has 134 valence electrons. The Morgan fingerprint density at radius 3 is 2.92 bits per heavy atom. The van der Waals surface area contributed by atoms with E-state index in [0.29, 0.717) is 5.52 Å². The zero-order valence-corrected chi connectivity index (χ0v) is 14.2.